The number of hydrogen-bond donors (Lipinski definition) is 1. The number of thioether (sulfide) groups is 1. The molecule has 2 aromatic rings. The van der Waals surface area contributed by atoms with E-state index in [-0.39, 0.29) is 11.8 Å². The Morgan fingerprint density at radius 3 is 2.62 bits per heavy atom. The van der Waals surface area contributed by atoms with Crippen molar-refractivity contribution in [1.82, 2.24) is 4.90 Å². The number of rotatable bonds is 6. The van der Waals surface area contributed by atoms with Crippen molar-refractivity contribution >= 4 is 29.3 Å². The van der Waals surface area contributed by atoms with Gasteiger partial charge in [-0.15, -0.1) is 11.8 Å². The van der Waals surface area contributed by atoms with Gasteiger partial charge in [0.2, 0.25) is 5.91 Å². The third kappa shape index (κ3) is 5.11. The van der Waals surface area contributed by atoms with Gasteiger partial charge in [0.25, 0.3) is 5.91 Å². The number of aryl methyl sites for hydroxylation is 1. The third-order valence-electron chi connectivity index (χ3n) is 4.37. The lowest BCUT2D eigenvalue weighted by Gasteiger charge is -2.15. The Kier molecular flexibility index (Phi) is 6.34. The molecule has 0 aromatic heterocycles. The summed E-state index contributed by atoms with van der Waals surface area (Å²) >= 11 is 1.59. The molecule has 1 heterocycles. The molecule has 1 fully saturated rings. The first-order valence-corrected chi connectivity index (χ1v) is 10.1. The van der Waals surface area contributed by atoms with Crippen LogP contribution >= 0.6 is 11.8 Å². The SMILES string of the molecule is Cc1cccc(CSCC(=O)Nc2cccc(C(=O)N3CCCC3)c2)c1. The number of nitrogens with one attached hydrogen (secondary N) is 1. The van der Waals surface area contributed by atoms with Crippen molar-refractivity contribution in [2.45, 2.75) is 25.5 Å². The van der Waals surface area contributed by atoms with Gasteiger partial charge in [-0.1, -0.05) is 35.9 Å². The molecule has 136 valence electrons. The molecule has 26 heavy (non-hydrogen) atoms. The average molecular weight is 369 g/mol. The van der Waals surface area contributed by atoms with Crippen LogP contribution in [0.1, 0.15) is 34.3 Å². The molecule has 0 aliphatic carbocycles. The van der Waals surface area contributed by atoms with E-state index < -0.39 is 0 Å². The molecule has 1 saturated heterocycles. The van der Waals surface area contributed by atoms with E-state index in [1.54, 1.807) is 17.8 Å². The molecular formula is C21H24N2O2S. The molecule has 0 radical (unpaired) electrons. The zero-order valence-corrected chi connectivity index (χ0v) is 15.8. The van der Waals surface area contributed by atoms with Crippen molar-refractivity contribution < 1.29 is 9.59 Å². The molecule has 0 bridgehead atoms. The standard InChI is InChI=1S/C21H24N2O2S/c1-16-6-4-7-17(12-16)14-26-15-20(24)22-19-9-5-8-18(13-19)21(25)23-10-2-3-11-23/h4-9,12-13H,2-3,10-11,14-15H2,1H3,(H,22,24). The summed E-state index contributed by atoms with van der Waals surface area (Å²) in [6.45, 7) is 3.72. The molecule has 0 unspecified atom stereocenters. The Bertz CT molecular complexity index is 785. The van der Waals surface area contributed by atoms with Crippen LogP contribution in [0.3, 0.4) is 0 Å². The van der Waals surface area contributed by atoms with Crippen LogP contribution in [0.25, 0.3) is 0 Å². The number of hydrogen-bond acceptors (Lipinski definition) is 3. The lowest BCUT2D eigenvalue weighted by molar-refractivity contribution is -0.113. The van der Waals surface area contributed by atoms with Crippen LogP contribution in [0.4, 0.5) is 5.69 Å². The third-order valence-corrected chi connectivity index (χ3v) is 5.37. The molecule has 2 amide bonds. The Morgan fingerprint density at radius 1 is 1.08 bits per heavy atom. The van der Waals surface area contributed by atoms with Gasteiger partial charge in [0, 0.05) is 30.1 Å². The van der Waals surface area contributed by atoms with Crippen LogP contribution < -0.4 is 5.32 Å². The van der Waals surface area contributed by atoms with Gasteiger partial charge in [-0.3, -0.25) is 9.59 Å². The molecule has 1 N–H and O–H groups in total. The molecule has 2 aromatic carbocycles. The molecular weight excluding hydrogens is 344 g/mol. The van der Waals surface area contributed by atoms with E-state index in [1.165, 1.54) is 11.1 Å². The first-order valence-electron chi connectivity index (χ1n) is 8.94. The predicted molar refractivity (Wildman–Crippen MR) is 108 cm³/mol. The van der Waals surface area contributed by atoms with E-state index in [2.05, 4.69) is 30.4 Å². The summed E-state index contributed by atoms with van der Waals surface area (Å²) in [7, 11) is 0. The van der Waals surface area contributed by atoms with Crippen LogP contribution in [0, 0.1) is 6.92 Å². The number of carbonyl (C=O) groups is 2. The smallest absolute Gasteiger partial charge is 0.253 e. The maximum atomic E-state index is 12.5. The van der Waals surface area contributed by atoms with E-state index in [9.17, 15) is 9.59 Å². The maximum Gasteiger partial charge on any atom is 0.253 e. The predicted octanol–water partition coefficient (Wildman–Crippen LogP) is 4.10. The summed E-state index contributed by atoms with van der Waals surface area (Å²) in [5.74, 6) is 1.20. The van der Waals surface area contributed by atoms with Gasteiger partial charge in [0.1, 0.15) is 0 Å². The van der Waals surface area contributed by atoms with Crippen LogP contribution in [0.5, 0.6) is 0 Å². The van der Waals surface area contributed by atoms with Crippen molar-refractivity contribution in [3.8, 4) is 0 Å². The normalized spacial score (nSPS) is 13.7. The second-order valence-corrected chi connectivity index (χ2v) is 7.60. The second-order valence-electron chi connectivity index (χ2n) is 6.61. The Balaban J connectivity index is 1.51. The maximum absolute atomic E-state index is 12.5. The van der Waals surface area contributed by atoms with Crippen molar-refractivity contribution in [2.24, 2.45) is 0 Å². The van der Waals surface area contributed by atoms with E-state index >= 15 is 0 Å². The number of amides is 2. The second kappa shape index (κ2) is 8.90. The lowest BCUT2D eigenvalue weighted by Crippen LogP contribution is -2.27. The van der Waals surface area contributed by atoms with Crippen LogP contribution in [0.2, 0.25) is 0 Å². The minimum Gasteiger partial charge on any atom is -0.339 e. The highest BCUT2D eigenvalue weighted by Gasteiger charge is 2.19. The van der Waals surface area contributed by atoms with E-state index in [0.717, 1.165) is 31.7 Å². The van der Waals surface area contributed by atoms with Crippen LogP contribution in [-0.4, -0.2) is 35.6 Å². The molecule has 0 atom stereocenters. The van der Waals surface area contributed by atoms with Gasteiger partial charge in [-0.25, -0.2) is 0 Å². The Morgan fingerprint density at radius 2 is 1.85 bits per heavy atom. The fourth-order valence-electron chi connectivity index (χ4n) is 3.09. The highest BCUT2D eigenvalue weighted by atomic mass is 32.2. The van der Waals surface area contributed by atoms with Crippen LogP contribution in [-0.2, 0) is 10.5 Å². The average Bonchev–Trinajstić information content (AvgIpc) is 3.16. The number of anilines is 1. The first kappa shape index (κ1) is 18.5. The number of benzene rings is 2. The molecule has 1 aliphatic heterocycles. The lowest BCUT2D eigenvalue weighted by atomic mass is 10.1. The highest BCUT2D eigenvalue weighted by molar-refractivity contribution is 7.99. The van der Waals surface area contributed by atoms with Crippen molar-refractivity contribution in [2.75, 3.05) is 24.2 Å². The summed E-state index contributed by atoms with van der Waals surface area (Å²) in [5, 5.41) is 2.89. The highest BCUT2D eigenvalue weighted by Crippen LogP contribution is 2.18. The Hall–Kier alpha value is -2.27. The fraction of sp³-hybridized carbons (Fsp3) is 0.333. The number of nitrogens with zero attached hydrogens (tertiary/aromatic N) is 1. The largest absolute Gasteiger partial charge is 0.339 e. The minimum absolute atomic E-state index is 0.0478. The van der Waals surface area contributed by atoms with Gasteiger partial charge in [0.05, 0.1) is 5.75 Å². The molecule has 0 spiro atoms. The molecule has 0 saturated carbocycles. The van der Waals surface area contributed by atoms with Crippen molar-refractivity contribution in [1.29, 1.82) is 0 Å². The van der Waals surface area contributed by atoms with E-state index in [0.29, 0.717) is 17.0 Å². The van der Waals surface area contributed by atoms with Crippen LogP contribution in [0.15, 0.2) is 48.5 Å². The quantitative estimate of drug-likeness (QED) is 0.835. The van der Waals surface area contributed by atoms with Crippen molar-refractivity contribution in [3.63, 3.8) is 0 Å². The zero-order valence-electron chi connectivity index (χ0n) is 15.0. The number of likely N-dealkylation sites (tertiary alicyclic amines) is 1. The van der Waals surface area contributed by atoms with E-state index in [4.69, 9.17) is 0 Å². The summed E-state index contributed by atoms with van der Waals surface area (Å²) in [6, 6.07) is 15.5. The minimum atomic E-state index is -0.0478. The summed E-state index contributed by atoms with van der Waals surface area (Å²) in [4.78, 5) is 26.5. The zero-order chi connectivity index (χ0) is 18.4. The monoisotopic (exact) mass is 368 g/mol. The van der Waals surface area contributed by atoms with Gasteiger partial charge in [-0.05, 0) is 43.5 Å². The number of carbonyl (C=O) groups excluding carboxylic acids is 2. The van der Waals surface area contributed by atoms with Gasteiger partial charge in [-0.2, -0.15) is 0 Å². The molecule has 3 rings (SSSR count). The first-order chi connectivity index (χ1) is 12.6. The molecule has 4 nitrogen and oxygen atoms in total. The van der Waals surface area contributed by atoms with E-state index in [1.807, 2.05) is 29.2 Å². The fourth-order valence-corrected chi connectivity index (χ4v) is 3.87. The topological polar surface area (TPSA) is 49.4 Å². The molecule has 5 heteroatoms. The van der Waals surface area contributed by atoms with Gasteiger partial charge >= 0.3 is 0 Å². The van der Waals surface area contributed by atoms with Crippen molar-refractivity contribution in [3.05, 3.63) is 65.2 Å². The summed E-state index contributed by atoms with van der Waals surface area (Å²) in [5.41, 5.74) is 3.77. The van der Waals surface area contributed by atoms with Gasteiger partial charge < -0.3 is 10.2 Å². The van der Waals surface area contributed by atoms with Gasteiger partial charge in [0.15, 0.2) is 0 Å². The Labute approximate surface area is 159 Å². The summed E-state index contributed by atoms with van der Waals surface area (Å²) < 4.78 is 0. The summed E-state index contributed by atoms with van der Waals surface area (Å²) in [6.07, 6.45) is 2.14. The molecule has 1 aliphatic rings.